The van der Waals surface area contributed by atoms with Gasteiger partial charge in [0.2, 0.25) is 0 Å². The number of benzene rings is 1. The Kier molecular flexibility index (Phi) is 5.44. The number of rotatable bonds is 9. The van der Waals surface area contributed by atoms with Crippen LogP contribution in [0.4, 0.5) is 0 Å². The number of epoxide rings is 1. The lowest BCUT2D eigenvalue weighted by Crippen LogP contribution is -2.23. The molecule has 1 N–H and O–H groups in total. The van der Waals surface area contributed by atoms with Gasteiger partial charge in [0.1, 0.15) is 0 Å². The lowest BCUT2D eigenvalue weighted by molar-refractivity contribution is -0.143. The predicted octanol–water partition coefficient (Wildman–Crippen LogP) is 4.08. The van der Waals surface area contributed by atoms with E-state index in [2.05, 4.69) is 12.1 Å². The van der Waals surface area contributed by atoms with Crippen molar-refractivity contribution in [1.29, 1.82) is 0 Å². The molecule has 0 saturated carbocycles. The van der Waals surface area contributed by atoms with Crippen LogP contribution in [-0.2, 0) is 16.0 Å². The molecule has 1 saturated heterocycles. The normalized spacial score (nSPS) is 20.9. The molecule has 4 heteroatoms. The van der Waals surface area contributed by atoms with E-state index in [0.29, 0.717) is 13.0 Å². The first kappa shape index (κ1) is 15.3. The maximum absolute atomic E-state index is 10.9. The molecule has 1 aromatic carbocycles. The van der Waals surface area contributed by atoms with Gasteiger partial charge in [0.25, 0.3) is 0 Å². The maximum atomic E-state index is 10.9. The van der Waals surface area contributed by atoms with Gasteiger partial charge in [-0.25, -0.2) is 4.79 Å². The van der Waals surface area contributed by atoms with E-state index < -0.39 is 11.6 Å². The van der Waals surface area contributed by atoms with E-state index >= 15 is 0 Å². The quantitative estimate of drug-likeness (QED) is 0.552. The van der Waals surface area contributed by atoms with Gasteiger partial charge in [-0.15, -0.1) is 0 Å². The number of halogens is 1. The van der Waals surface area contributed by atoms with E-state index in [9.17, 15) is 4.79 Å². The van der Waals surface area contributed by atoms with E-state index in [-0.39, 0.29) is 0 Å². The summed E-state index contributed by atoms with van der Waals surface area (Å²) in [5, 5.41) is 9.74. The molecule has 0 aromatic heterocycles. The lowest BCUT2D eigenvalue weighted by atomic mass is 10.0. The second-order valence-electron chi connectivity index (χ2n) is 5.48. The highest BCUT2D eigenvalue weighted by molar-refractivity contribution is 6.30. The predicted molar refractivity (Wildman–Crippen MR) is 79.2 cm³/mol. The van der Waals surface area contributed by atoms with Gasteiger partial charge in [-0.1, -0.05) is 43.0 Å². The second-order valence-corrected chi connectivity index (χ2v) is 5.92. The Morgan fingerprint density at radius 1 is 1.15 bits per heavy atom. The minimum Gasteiger partial charge on any atom is -0.479 e. The standard InChI is InChI=1S/C16H21ClO3/c17-14-9-7-13(8-10-14)6-4-2-1-3-5-11-16(12-20-16)15(18)19/h7-10H,1-6,11-12H2,(H,18,19). The first-order valence-electron chi connectivity index (χ1n) is 7.24. The highest BCUT2D eigenvalue weighted by atomic mass is 35.5. The van der Waals surface area contributed by atoms with Gasteiger partial charge in [0.05, 0.1) is 6.61 Å². The number of ether oxygens (including phenoxy) is 1. The summed E-state index contributed by atoms with van der Waals surface area (Å²) >= 11 is 5.84. The Hall–Kier alpha value is -1.06. The van der Waals surface area contributed by atoms with Crippen molar-refractivity contribution in [2.24, 2.45) is 0 Å². The summed E-state index contributed by atoms with van der Waals surface area (Å²) in [5.74, 6) is -0.805. The molecule has 1 aliphatic rings. The van der Waals surface area contributed by atoms with Gasteiger partial charge in [-0.05, 0) is 43.4 Å². The molecule has 2 rings (SSSR count). The van der Waals surface area contributed by atoms with Crippen LogP contribution < -0.4 is 0 Å². The molecular weight excluding hydrogens is 276 g/mol. The van der Waals surface area contributed by atoms with Crippen molar-refractivity contribution in [2.45, 2.75) is 50.5 Å². The van der Waals surface area contributed by atoms with Crippen LogP contribution in [0.25, 0.3) is 0 Å². The number of hydrogen-bond acceptors (Lipinski definition) is 2. The van der Waals surface area contributed by atoms with Crippen LogP contribution in [0.1, 0.15) is 44.1 Å². The highest BCUT2D eigenvalue weighted by Gasteiger charge is 2.51. The number of unbranched alkanes of at least 4 members (excludes halogenated alkanes) is 4. The van der Waals surface area contributed by atoms with Crippen molar-refractivity contribution >= 4 is 17.6 Å². The van der Waals surface area contributed by atoms with Gasteiger partial charge in [-0.2, -0.15) is 0 Å². The van der Waals surface area contributed by atoms with Crippen LogP contribution in [-0.4, -0.2) is 23.3 Å². The SMILES string of the molecule is O=C(O)C1(CCCCCCCc2ccc(Cl)cc2)CO1. The minimum absolute atomic E-state index is 0.388. The van der Waals surface area contributed by atoms with Crippen molar-refractivity contribution < 1.29 is 14.6 Å². The Bertz CT molecular complexity index is 438. The van der Waals surface area contributed by atoms with Crippen LogP contribution in [0.5, 0.6) is 0 Å². The molecule has 0 bridgehead atoms. The molecule has 20 heavy (non-hydrogen) atoms. The zero-order valence-corrected chi connectivity index (χ0v) is 12.4. The van der Waals surface area contributed by atoms with Gasteiger partial charge in [0, 0.05) is 5.02 Å². The molecule has 1 atom stereocenters. The van der Waals surface area contributed by atoms with Crippen LogP contribution in [0.15, 0.2) is 24.3 Å². The molecule has 0 amide bonds. The van der Waals surface area contributed by atoms with Crippen molar-refractivity contribution in [3.63, 3.8) is 0 Å². The van der Waals surface area contributed by atoms with Crippen molar-refractivity contribution in [2.75, 3.05) is 6.61 Å². The lowest BCUT2D eigenvalue weighted by Gasteiger charge is -2.06. The summed E-state index contributed by atoms with van der Waals surface area (Å²) in [6, 6.07) is 8.00. The van der Waals surface area contributed by atoms with Crippen molar-refractivity contribution in [3.05, 3.63) is 34.9 Å². The number of carboxylic acids is 1. The fraction of sp³-hybridized carbons (Fsp3) is 0.562. The summed E-state index contributed by atoms with van der Waals surface area (Å²) in [7, 11) is 0. The number of carbonyl (C=O) groups is 1. The first-order chi connectivity index (χ1) is 9.62. The summed E-state index contributed by atoms with van der Waals surface area (Å²) in [4.78, 5) is 10.9. The van der Waals surface area contributed by atoms with Gasteiger partial charge < -0.3 is 9.84 Å². The molecule has 1 aliphatic heterocycles. The average Bonchev–Trinajstić information content (AvgIpc) is 3.21. The fourth-order valence-electron chi connectivity index (χ4n) is 2.38. The third-order valence-corrected chi connectivity index (χ3v) is 4.09. The number of hydrogen-bond donors (Lipinski definition) is 1. The third kappa shape index (κ3) is 4.50. The summed E-state index contributed by atoms with van der Waals surface area (Å²) < 4.78 is 5.04. The smallest absolute Gasteiger partial charge is 0.338 e. The Balaban J connectivity index is 1.50. The monoisotopic (exact) mass is 296 g/mol. The van der Waals surface area contributed by atoms with E-state index in [1.807, 2.05) is 12.1 Å². The molecule has 0 radical (unpaired) electrons. The summed E-state index contributed by atoms with van der Waals surface area (Å²) in [6.45, 7) is 0.388. The number of carboxylic acid groups (broad SMARTS) is 1. The number of aliphatic carboxylic acids is 1. The van der Waals surface area contributed by atoms with Crippen molar-refractivity contribution in [1.82, 2.24) is 0 Å². The number of aryl methyl sites for hydroxylation is 1. The molecule has 1 heterocycles. The molecule has 1 fully saturated rings. The second kappa shape index (κ2) is 7.09. The van der Waals surface area contributed by atoms with Gasteiger partial charge >= 0.3 is 5.97 Å². The molecule has 1 aromatic rings. The zero-order chi connectivity index (χ0) is 14.4. The summed E-state index contributed by atoms with van der Waals surface area (Å²) in [6.07, 6.45) is 7.26. The molecule has 1 unspecified atom stereocenters. The largest absolute Gasteiger partial charge is 0.479 e. The van der Waals surface area contributed by atoms with Gasteiger partial charge in [0.15, 0.2) is 5.60 Å². The molecular formula is C16H21ClO3. The Labute approximate surface area is 124 Å². The third-order valence-electron chi connectivity index (χ3n) is 3.84. The minimum atomic E-state index is -0.830. The van der Waals surface area contributed by atoms with Crippen molar-refractivity contribution in [3.8, 4) is 0 Å². The Morgan fingerprint density at radius 2 is 1.75 bits per heavy atom. The summed E-state index contributed by atoms with van der Waals surface area (Å²) in [5.41, 5.74) is 0.495. The zero-order valence-electron chi connectivity index (χ0n) is 11.6. The van der Waals surface area contributed by atoms with E-state index in [0.717, 1.165) is 30.7 Å². The average molecular weight is 297 g/mol. The van der Waals surface area contributed by atoms with Crippen LogP contribution >= 0.6 is 11.6 Å². The molecule has 110 valence electrons. The van der Waals surface area contributed by atoms with Gasteiger partial charge in [-0.3, -0.25) is 0 Å². The topological polar surface area (TPSA) is 49.8 Å². The van der Waals surface area contributed by atoms with Crippen LogP contribution in [0.3, 0.4) is 0 Å². The fourth-order valence-corrected chi connectivity index (χ4v) is 2.51. The molecule has 3 nitrogen and oxygen atoms in total. The van der Waals surface area contributed by atoms with E-state index in [4.69, 9.17) is 21.4 Å². The van der Waals surface area contributed by atoms with Crippen LogP contribution in [0, 0.1) is 0 Å². The van der Waals surface area contributed by atoms with Crippen LogP contribution in [0.2, 0.25) is 5.02 Å². The molecule has 0 aliphatic carbocycles. The highest BCUT2D eigenvalue weighted by Crippen LogP contribution is 2.33. The van der Waals surface area contributed by atoms with E-state index in [1.54, 1.807) is 0 Å². The Morgan fingerprint density at radius 3 is 2.35 bits per heavy atom. The first-order valence-corrected chi connectivity index (χ1v) is 7.62. The van der Waals surface area contributed by atoms with E-state index in [1.165, 1.54) is 18.4 Å². The molecule has 0 spiro atoms. The maximum Gasteiger partial charge on any atom is 0.338 e.